The number of sulfone groups is 2. The predicted octanol–water partition coefficient (Wildman–Crippen LogP) is 4.89. The largest absolute Gasteiger partial charge is 0.309 e. The van der Waals surface area contributed by atoms with Crippen LogP contribution in [0.25, 0.3) is 22.4 Å². The van der Waals surface area contributed by atoms with E-state index >= 15 is 0 Å². The molecule has 8 nitrogen and oxygen atoms in total. The molecular weight excluding hydrogens is 522 g/mol. The minimum Gasteiger partial charge on any atom is -0.309 e. The van der Waals surface area contributed by atoms with Crippen LogP contribution in [0.15, 0.2) is 87.8 Å². The number of hydrazone groups is 1. The highest BCUT2D eigenvalue weighted by atomic mass is 32.2. The summed E-state index contributed by atoms with van der Waals surface area (Å²) in [6.45, 7) is 3.39. The topological polar surface area (TPSA) is 114 Å². The second-order valence-corrected chi connectivity index (χ2v) is 12.8. The van der Waals surface area contributed by atoms with Crippen molar-refractivity contribution in [3.8, 4) is 0 Å². The molecule has 0 unspecified atom stereocenters. The van der Waals surface area contributed by atoms with E-state index in [1.807, 2.05) is 42.5 Å². The maximum Gasteiger partial charge on any atom is 0.289 e. The van der Waals surface area contributed by atoms with Crippen LogP contribution < -0.4 is 5.43 Å². The highest BCUT2D eigenvalue weighted by molar-refractivity contribution is 7.94. The normalized spacial score (nSPS) is 12.7. The third kappa shape index (κ3) is 5.41. The van der Waals surface area contributed by atoms with Crippen LogP contribution in [0.3, 0.4) is 0 Å². The maximum absolute atomic E-state index is 13.6. The number of rotatable bonds is 10. The zero-order chi connectivity index (χ0) is 27.3. The summed E-state index contributed by atoms with van der Waals surface area (Å²) in [6.07, 6.45) is 6.86. The molecule has 1 amide bonds. The van der Waals surface area contributed by atoms with Crippen molar-refractivity contribution in [3.63, 3.8) is 0 Å². The molecule has 0 bridgehead atoms. The Balaban J connectivity index is 1.93. The van der Waals surface area contributed by atoms with Crippen LogP contribution in [0.2, 0.25) is 0 Å². The quantitative estimate of drug-likeness (QED) is 0.223. The van der Waals surface area contributed by atoms with Gasteiger partial charge in [0.1, 0.15) is 15.5 Å². The lowest BCUT2D eigenvalue weighted by Crippen LogP contribution is -2.23. The molecule has 10 heteroatoms. The molecule has 0 saturated carbocycles. The molecule has 198 valence electrons. The van der Waals surface area contributed by atoms with Gasteiger partial charge in [0.25, 0.3) is 5.91 Å². The van der Waals surface area contributed by atoms with E-state index in [-0.39, 0.29) is 40.5 Å². The van der Waals surface area contributed by atoms with Crippen LogP contribution >= 0.6 is 0 Å². The summed E-state index contributed by atoms with van der Waals surface area (Å²) >= 11 is 0. The minimum atomic E-state index is -4.15. The zero-order valence-corrected chi connectivity index (χ0v) is 22.8. The monoisotopic (exact) mass is 551 g/mol. The minimum absolute atomic E-state index is 0.171. The van der Waals surface area contributed by atoms with Crippen molar-refractivity contribution in [2.24, 2.45) is 5.10 Å². The van der Waals surface area contributed by atoms with Gasteiger partial charge in [-0.3, -0.25) is 4.79 Å². The fourth-order valence-electron chi connectivity index (χ4n) is 4.40. The van der Waals surface area contributed by atoms with Gasteiger partial charge in [0, 0.05) is 17.8 Å². The van der Waals surface area contributed by atoms with Crippen molar-refractivity contribution >= 4 is 54.2 Å². The molecule has 0 saturated heterocycles. The van der Waals surface area contributed by atoms with Gasteiger partial charge in [-0.15, -0.1) is 0 Å². The first-order chi connectivity index (χ1) is 18.2. The second kappa shape index (κ2) is 11.3. The summed E-state index contributed by atoms with van der Waals surface area (Å²) in [7, 11) is -8.21. The van der Waals surface area contributed by atoms with Gasteiger partial charge < -0.3 is 4.40 Å². The number of nitrogens with one attached hydrogen (secondary N) is 1. The molecular formula is C28H29N3O5S2. The van der Waals surface area contributed by atoms with Gasteiger partial charge in [-0.1, -0.05) is 74.5 Å². The fraction of sp³-hybridized carbons (Fsp3) is 0.214. The Morgan fingerprint density at radius 3 is 2.18 bits per heavy atom. The molecule has 0 atom stereocenters. The summed E-state index contributed by atoms with van der Waals surface area (Å²) in [5.74, 6) is -1.39. The second-order valence-electron chi connectivity index (χ2n) is 8.76. The number of carbonyl (C=O) groups is 1. The zero-order valence-electron chi connectivity index (χ0n) is 21.2. The van der Waals surface area contributed by atoms with Crippen LogP contribution in [0.1, 0.15) is 42.7 Å². The van der Waals surface area contributed by atoms with Crippen molar-refractivity contribution in [1.29, 1.82) is 0 Å². The Bertz CT molecular complexity index is 1750. The lowest BCUT2D eigenvalue weighted by Gasteiger charge is -2.09. The van der Waals surface area contributed by atoms with E-state index in [0.717, 1.165) is 10.9 Å². The highest BCUT2D eigenvalue weighted by Gasteiger charge is 2.37. The highest BCUT2D eigenvalue weighted by Crippen LogP contribution is 2.37. The molecule has 0 fully saturated rings. The van der Waals surface area contributed by atoms with Gasteiger partial charge in [0.2, 0.25) is 0 Å². The number of benzene rings is 2. The Labute approximate surface area is 222 Å². The van der Waals surface area contributed by atoms with E-state index in [0.29, 0.717) is 5.39 Å². The first-order valence-electron chi connectivity index (χ1n) is 12.3. The van der Waals surface area contributed by atoms with E-state index in [4.69, 9.17) is 0 Å². The number of amides is 1. The van der Waals surface area contributed by atoms with Gasteiger partial charge in [-0.2, -0.15) is 5.10 Å². The number of aromatic nitrogens is 1. The molecule has 2 aromatic heterocycles. The SMILES string of the molecule is CCCS(=O)(=O)c1c(S(=O)(=O)CCC)c2c3ccccc3ccn2c1C(=O)N/N=C/C=C/c1ccccc1. The molecule has 2 heterocycles. The van der Waals surface area contributed by atoms with Crippen molar-refractivity contribution in [3.05, 3.63) is 84.2 Å². The number of pyridine rings is 1. The lowest BCUT2D eigenvalue weighted by atomic mass is 10.1. The summed E-state index contributed by atoms with van der Waals surface area (Å²) in [4.78, 5) is 12.7. The summed E-state index contributed by atoms with van der Waals surface area (Å²) < 4.78 is 55.6. The number of fused-ring (bicyclic) bond motifs is 3. The Kier molecular flexibility index (Phi) is 8.13. The van der Waals surface area contributed by atoms with Gasteiger partial charge in [-0.25, -0.2) is 22.3 Å². The maximum atomic E-state index is 13.6. The number of hydrogen-bond donors (Lipinski definition) is 1. The summed E-state index contributed by atoms with van der Waals surface area (Å²) in [5.41, 5.74) is 3.21. The van der Waals surface area contributed by atoms with Crippen LogP contribution in [0.5, 0.6) is 0 Å². The van der Waals surface area contributed by atoms with E-state index in [1.54, 1.807) is 44.2 Å². The van der Waals surface area contributed by atoms with Crippen molar-refractivity contribution < 1.29 is 21.6 Å². The third-order valence-corrected chi connectivity index (χ3v) is 9.99. The van der Waals surface area contributed by atoms with Crippen LogP contribution in [0.4, 0.5) is 0 Å². The average Bonchev–Trinajstić information content (AvgIpc) is 3.27. The third-order valence-electron chi connectivity index (χ3n) is 5.93. The molecule has 38 heavy (non-hydrogen) atoms. The molecule has 0 radical (unpaired) electrons. The molecule has 1 N–H and O–H groups in total. The lowest BCUT2D eigenvalue weighted by molar-refractivity contribution is 0.0945. The van der Waals surface area contributed by atoms with E-state index in [1.165, 1.54) is 16.8 Å². The molecule has 0 spiro atoms. The van der Waals surface area contributed by atoms with Crippen molar-refractivity contribution in [2.75, 3.05) is 11.5 Å². The number of nitrogens with zero attached hydrogens (tertiary/aromatic N) is 2. The van der Waals surface area contributed by atoms with E-state index < -0.39 is 30.5 Å². The van der Waals surface area contributed by atoms with Gasteiger partial charge in [0.15, 0.2) is 19.7 Å². The summed E-state index contributed by atoms with van der Waals surface area (Å²) in [6, 6.07) is 18.3. The first kappa shape index (κ1) is 27.3. The van der Waals surface area contributed by atoms with Crippen LogP contribution in [-0.4, -0.2) is 44.9 Å². The Hall–Kier alpha value is -3.76. The Morgan fingerprint density at radius 1 is 0.868 bits per heavy atom. The number of allylic oxidation sites excluding steroid dienone is 1. The predicted molar refractivity (Wildman–Crippen MR) is 151 cm³/mol. The molecule has 0 aliphatic carbocycles. The van der Waals surface area contributed by atoms with Gasteiger partial charge >= 0.3 is 0 Å². The first-order valence-corrected chi connectivity index (χ1v) is 15.6. The van der Waals surface area contributed by atoms with Crippen molar-refractivity contribution in [1.82, 2.24) is 9.83 Å². The molecule has 0 aliphatic heterocycles. The van der Waals surface area contributed by atoms with E-state index in [9.17, 15) is 21.6 Å². The van der Waals surface area contributed by atoms with Crippen LogP contribution in [-0.2, 0) is 19.7 Å². The standard InChI is InChI=1S/C28H29N3O5S2/c1-3-19-37(33,34)26-24-23-15-9-8-14-22(23)16-18-31(24)25(27(26)38(35,36)20-4-2)28(32)30-29-17-10-13-21-11-6-5-7-12-21/h5-18H,3-4,19-20H2,1-2H3,(H,30,32)/b13-10+,29-17+. The summed E-state index contributed by atoms with van der Waals surface area (Å²) in [5, 5.41) is 5.20. The van der Waals surface area contributed by atoms with Gasteiger partial charge in [0.05, 0.1) is 17.0 Å². The fourth-order valence-corrected chi connectivity index (χ4v) is 8.39. The van der Waals surface area contributed by atoms with Crippen LogP contribution in [0, 0.1) is 0 Å². The average molecular weight is 552 g/mol. The Morgan fingerprint density at radius 2 is 1.50 bits per heavy atom. The number of carbonyl (C=O) groups excluding carboxylic acids is 1. The smallest absolute Gasteiger partial charge is 0.289 e. The molecule has 0 aliphatic rings. The van der Waals surface area contributed by atoms with Crippen molar-refractivity contribution in [2.45, 2.75) is 36.5 Å². The molecule has 4 aromatic rings. The van der Waals surface area contributed by atoms with Gasteiger partial charge in [-0.05, 0) is 35.9 Å². The molecule has 4 rings (SSSR count). The van der Waals surface area contributed by atoms with E-state index in [2.05, 4.69) is 10.5 Å². The molecule has 2 aromatic carbocycles. The number of hydrogen-bond acceptors (Lipinski definition) is 6.